The van der Waals surface area contributed by atoms with Gasteiger partial charge >= 0.3 is 11.9 Å². The van der Waals surface area contributed by atoms with Gasteiger partial charge in [0.2, 0.25) is 0 Å². The number of ether oxygens (including phenoxy) is 14. The van der Waals surface area contributed by atoms with Crippen LogP contribution in [0.3, 0.4) is 0 Å². The summed E-state index contributed by atoms with van der Waals surface area (Å²) in [6.45, 7) is -4.73. The van der Waals surface area contributed by atoms with Gasteiger partial charge in [-0.2, -0.15) is 23.5 Å². The first-order valence-corrected chi connectivity index (χ1v) is 30.6. The minimum atomic E-state index is -2.23. The quantitative estimate of drug-likeness (QED) is 0.0297. The third-order valence-corrected chi connectivity index (χ3v) is 18.3. The number of nitrogens with two attached hydrogens (primary N) is 2. The summed E-state index contributed by atoms with van der Waals surface area (Å²) in [4.78, 5) is 22.8. The number of methoxy groups -OCH3 is 1. The van der Waals surface area contributed by atoms with Crippen molar-refractivity contribution in [3.63, 3.8) is 0 Å². The van der Waals surface area contributed by atoms with E-state index in [9.17, 15) is 107 Å². The second kappa shape index (κ2) is 33.8. The topological polar surface area (TPSA) is 620 Å². The van der Waals surface area contributed by atoms with E-state index in [2.05, 4.69) is 0 Å². The maximum atomic E-state index is 11.7. The lowest BCUT2D eigenvalue weighted by molar-refractivity contribution is -0.421. The smallest absolute Gasteiger partial charge is 0.321 e. The van der Waals surface area contributed by atoms with Crippen molar-refractivity contribution in [2.45, 2.75) is 221 Å². The van der Waals surface area contributed by atoms with Gasteiger partial charge < -0.3 is 180 Å². The molecule has 0 aromatic heterocycles. The lowest BCUT2D eigenvalue weighted by atomic mass is 9.93. The van der Waals surface area contributed by atoms with Crippen molar-refractivity contribution in [3.8, 4) is 0 Å². The summed E-state index contributed by atoms with van der Waals surface area (Å²) in [5, 5.41) is 216. The van der Waals surface area contributed by atoms with Crippen molar-refractivity contribution in [2.75, 3.05) is 69.8 Å². The molecule has 0 aliphatic carbocycles. The molecule has 7 rings (SSSR count). The monoisotopic (exact) mass is 1340 g/mol. The van der Waals surface area contributed by atoms with Crippen LogP contribution < -0.4 is 11.5 Å². The van der Waals surface area contributed by atoms with Crippen LogP contribution in [0.1, 0.15) is 6.42 Å². The second-order valence-electron chi connectivity index (χ2n) is 22.1. The molecule has 24 N–H and O–H groups in total. The highest BCUT2D eigenvalue weighted by Crippen LogP contribution is 2.41. The molecule has 13 unspecified atom stereocenters. The maximum absolute atomic E-state index is 11.7. The van der Waals surface area contributed by atoms with Crippen molar-refractivity contribution in [3.05, 3.63) is 0 Å². The summed E-state index contributed by atoms with van der Waals surface area (Å²) >= 11 is 1.83. The number of hydrogen-bond acceptors (Lipinski definition) is 38. The number of carboxylic acids is 2. The number of rotatable bonds is 30. The summed E-state index contributed by atoms with van der Waals surface area (Å²) in [7, 11) is 1.03. The van der Waals surface area contributed by atoms with E-state index in [1.807, 2.05) is 0 Å². The van der Waals surface area contributed by atoms with E-state index in [0.29, 0.717) is 0 Å². The van der Waals surface area contributed by atoms with Gasteiger partial charge in [0.15, 0.2) is 37.7 Å². The minimum Gasteiger partial charge on any atom is -0.480 e. The minimum absolute atomic E-state index is 0.0455. The van der Waals surface area contributed by atoms with Gasteiger partial charge in [-0.1, -0.05) is 0 Å². The summed E-state index contributed by atoms with van der Waals surface area (Å²) in [5.74, 6) is -3.47. The molecule has 0 aromatic carbocycles. The highest BCUT2D eigenvalue weighted by Gasteiger charge is 2.60. The Balaban J connectivity index is 1.00. The van der Waals surface area contributed by atoms with Gasteiger partial charge in [-0.15, -0.1) is 0 Å². The summed E-state index contributed by atoms with van der Waals surface area (Å²) < 4.78 is 80.8. The average Bonchev–Trinajstić information content (AvgIpc) is 1.28. The molecule has 7 aliphatic heterocycles. The van der Waals surface area contributed by atoms with E-state index >= 15 is 0 Å². The van der Waals surface area contributed by atoms with Crippen molar-refractivity contribution < 1.29 is 178 Å². The molecule has 0 spiro atoms. The van der Waals surface area contributed by atoms with Gasteiger partial charge in [0.1, 0.15) is 159 Å². The molecule has 0 saturated carbocycles. The van der Waals surface area contributed by atoms with E-state index < -0.39 is 266 Å². The Morgan fingerprint density at radius 2 is 0.955 bits per heavy atom. The Morgan fingerprint density at radius 1 is 0.483 bits per heavy atom. The van der Waals surface area contributed by atoms with Crippen LogP contribution in [0.15, 0.2) is 0 Å². The number of aliphatic hydroxyl groups excluding tert-OH is 18. The van der Waals surface area contributed by atoms with Gasteiger partial charge in [0, 0.05) is 36.7 Å². The number of aliphatic hydroxyl groups is 18. The van der Waals surface area contributed by atoms with E-state index in [1.54, 1.807) is 0 Å². The third kappa shape index (κ3) is 17.3. The first kappa shape index (κ1) is 74.7. The van der Waals surface area contributed by atoms with Gasteiger partial charge in [0.25, 0.3) is 0 Å². The molecule has 0 amide bonds. The van der Waals surface area contributed by atoms with Crippen molar-refractivity contribution in [1.82, 2.24) is 0 Å². The predicted octanol–water partition coefficient (Wildman–Crippen LogP) is -13.6. The lowest BCUT2D eigenvalue weighted by Gasteiger charge is -2.54. The fourth-order valence-electron chi connectivity index (χ4n) is 10.9. The molecule has 7 heterocycles. The zero-order chi connectivity index (χ0) is 65.5. The number of thioether (sulfide) groups is 2. The molecule has 38 nitrogen and oxygen atoms in total. The van der Waals surface area contributed by atoms with E-state index in [1.165, 1.54) is 0 Å². The average molecular weight is 1340 g/mol. The van der Waals surface area contributed by atoms with Crippen LogP contribution in [0.4, 0.5) is 0 Å². The van der Waals surface area contributed by atoms with Gasteiger partial charge in [-0.05, 0) is 6.42 Å². The van der Waals surface area contributed by atoms with Crippen LogP contribution in [-0.2, 0) is 75.9 Å². The Kier molecular flexibility index (Phi) is 28.3. The van der Waals surface area contributed by atoms with Gasteiger partial charge in [0.05, 0.1) is 51.3 Å². The summed E-state index contributed by atoms with van der Waals surface area (Å²) in [5.41, 5.74) is 11.3. The van der Waals surface area contributed by atoms with Gasteiger partial charge in [-0.25, -0.2) is 0 Å². The first-order valence-electron chi connectivity index (χ1n) is 28.3. The zero-order valence-electron chi connectivity index (χ0n) is 47.4. The van der Waals surface area contributed by atoms with Gasteiger partial charge in [-0.3, -0.25) is 9.59 Å². The third-order valence-electron chi connectivity index (χ3n) is 16.0. The largest absolute Gasteiger partial charge is 0.480 e. The summed E-state index contributed by atoms with van der Waals surface area (Å²) in [6.07, 6.45) is -59.4. The molecule has 0 aromatic rings. The van der Waals surface area contributed by atoms with Crippen LogP contribution in [0, 0.1) is 0 Å². The molecule has 7 saturated heterocycles. The molecule has 518 valence electrons. The molecule has 7 aliphatic rings. The van der Waals surface area contributed by atoms with Crippen LogP contribution in [-0.4, -0.2) is 398 Å². The van der Waals surface area contributed by atoms with Crippen LogP contribution in [0.5, 0.6) is 0 Å². The van der Waals surface area contributed by atoms with Crippen LogP contribution >= 0.6 is 23.5 Å². The van der Waals surface area contributed by atoms with Crippen LogP contribution in [0.2, 0.25) is 0 Å². The molecular formula is C49H84N2O36S2. The Hall–Kier alpha value is -1.72. The highest BCUT2D eigenvalue weighted by molar-refractivity contribution is 7.99. The Morgan fingerprint density at radius 3 is 1.46 bits per heavy atom. The maximum Gasteiger partial charge on any atom is 0.321 e. The SMILES string of the molecule is CO[C@H](O[C@@H]1C(CO)OCC(O)[C@H]1O)[C@@H](O)C(O)[C@@H](CCO)O[C@H]1OC(CO)[C@@H](O[C@@H]2OC(CSC[C@@H](N)C(=O)O)[C@@H](O[C@@H]3OC(CO)[C@@H](O[C@@H]4OC(CO)[C@H]5O[C@H]6OC(CSC[C@@H](N)C(=O)O)[C@@H](O)[C@H](O)C6O[C@@H]5C4O)[C@H](O)C3O)C(O)[C@@H]2O)C(O)[C@@H]1O. The normalized spacial score (nSPS) is 44.9. The first-order chi connectivity index (χ1) is 42.2. The fourth-order valence-corrected chi connectivity index (χ4v) is 13.0. The molecule has 89 heavy (non-hydrogen) atoms. The number of hydrogen-bond donors (Lipinski definition) is 22. The van der Waals surface area contributed by atoms with Crippen molar-refractivity contribution >= 4 is 35.5 Å². The van der Waals surface area contributed by atoms with E-state index in [4.69, 9.17) is 82.9 Å². The molecule has 7 fully saturated rings. The molecule has 40 heteroatoms. The Bertz CT molecular complexity index is 2160. The molecule has 35 atom stereocenters. The van der Waals surface area contributed by atoms with Crippen LogP contribution in [0.25, 0.3) is 0 Å². The molecule has 0 radical (unpaired) electrons. The second-order valence-corrected chi connectivity index (χ2v) is 24.2. The van der Waals surface area contributed by atoms with E-state index in [-0.39, 0.29) is 29.6 Å². The number of carboxylic acid groups (broad SMARTS) is 2. The highest BCUT2D eigenvalue weighted by atomic mass is 32.2. The standard InChI is InChI=1S/C49H84N2O36S2/c1-74-44(83-35-17(4-53)75-8-15(57)23(35)58)30(65)24(59)16(2-3-52)76-45-31(66)27(62)36(18(5-54)77-45)84-47-33(68)29(64)38(22(81-47)12-89-10-14(51)43(72)73)86-46-32(67)28(63)37(19(6-55)78-46)85-48-34(69)40-39(20(7-56)79-48)87-49-41(82-40)26(61)25(60)21(80-49)11-88-9-13(50)42(70)71/h13-41,44-49,52-69H,2-12,50-51H2,1H3,(H,70,71)(H,72,73)/t13-,14-,15?,16-,17?,18?,19?,20?,21?,22?,23-,24?,25-,26+,27?,28-,29?,30+,31+,32?,33+,34?,35-,36-,37-,38-,39-,40-,41?,44-,45+,46+,47+,48+,49-/m1/s1. The number of fused-ring (bicyclic) bond motifs is 2. The Labute approximate surface area is 514 Å². The van der Waals surface area contributed by atoms with Crippen molar-refractivity contribution in [1.29, 1.82) is 0 Å². The lowest BCUT2D eigenvalue weighted by Crippen LogP contribution is -2.72. The number of carbonyl (C=O) groups is 2. The molecule has 0 bridgehead atoms. The predicted molar refractivity (Wildman–Crippen MR) is 286 cm³/mol. The zero-order valence-corrected chi connectivity index (χ0v) is 49.1. The summed E-state index contributed by atoms with van der Waals surface area (Å²) in [6, 6.07) is -2.69. The molecular weight excluding hydrogens is 1260 g/mol. The fraction of sp³-hybridized carbons (Fsp3) is 0.959. The van der Waals surface area contributed by atoms with E-state index in [0.717, 1.165) is 30.6 Å². The van der Waals surface area contributed by atoms with Crippen molar-refractivity contribution in [2.24, 2.45) is 11.5 Å². The number of aliphatic carboxylic acids is 2.